The van der Waals surface area contributed by atoms with Gasteiger partial charge in [-0.15, -0.1) is 0 Å². The molecule has 1 atom stereocenters. The van der Waals surface area contributed by atoms with E-state index in [4.69, 9.17) is 0 Å². The van der Waals surface area contributed by atoms with Crippen molar-refractivity contribution in [2.45, 2.75) is 19.1 Å². The Kier molecular flexibility index (Phi) is 7.06. The fraction of sp³-hybridized carbons (Fsp3) is 0.190. The third kappa shape index (κ3) is 6.63. The lowest BCUT2D eigenvalue weighted by atomic mass is 10.1. The van der Waals surface area contributed by atoms with E-state index in [1.54, 1.807) is 31.3 Å². The highest BCUT2D eigenvalue weighted by molar-refractivity contribution is 6.05. The molecule has 0 aliphatic heterocycles. The van der Waals surface area contributed by atoms with Gasteiger partial charge in [-0.3, -0.25) is 19.9 Å². The number of hydrogen-bond donors (Lipinski definition) is 2. The predicted octanol–water partition coefficient (Wildman–Crippen LogP) is 4.75. The van der Waals surface area contributed by atoms with E-state index >= 15 is 0 Å². The molecule has 0 aliphatic rings. The number of pyridine rings is 2. The molecule has 0 aliphatic carbocycles. The van der Waals surface area contributed by atoms with Crippen molar-refractivity contribution in [3.8, 4) is 5.88 Å². The normalized spacial score (nSPS) is 12.0. The molecule has 2 aromatic heterocycles. The molecular formula is C21H18F3N5O4. The molecule has 33 heavy (non-hydrogen) atoms. The van der Waals surface area contributed by atoms with Crippen LogP contribution in [0.25, 0.3) is 0 Å². The van der Waals surface area contributed by atoms with E-state index < -0.39 is 23.6 Å². The SMILES string of the molecule is CC(Nc1ccc(C(=O)Nc2ccc(OCC(F)(F)F)nc2)cc1[N+](=O)[O-])c1ccccn1. The van der Waals surface area contributed by atoms with Crippen molar-refractivity contribution in [3.63, 3.8) is 0 Å². The van der Waals surface area contributed by atoms with Crippen LogP contribution >= 0.6 is 0 Å². The van der Waals surface area contributed by atoms with Crippen LogP contribution in [0.2, 0.25) is 0 Å². The Labute approximate surface area is 185 Å². The summed E-state index contributed by atoms with van der Waals surface area (Å²) in [6.45, 7) is 0.302. The van der Waals surface area contributed by atoms with E-state index in [9.17, 15) is 28.1 Å². The quantitative estimate of drug-likeness (QED) is 0.367. The van der Waals surface area contributed by atoms with Gasteiger partial charge in [0.2, 0.25) is 5.88 Å². The maximum Gasteiger partial charge on any atom is 0.422 e. The predicted molar refractivity (Wildman–Crippen MR) is 113 cm³/mol. The Balaban J connectivity index is 1.70. The lowest BCUT2D eigenvalue weighted by Crippen LogP contribution is -2.19. The molecule has 0 spiro atoms. The van der Waals surface area contributed by atoms with Gasteiger partial charge in [0.05, 0.1) is 28.5 Å². The molecule has 9 nitrogen and oxygen atoms in total. The molecule has 172 valence electrons. The van der Waals surface area contributed by atoms with Crippen LogP contribution in [0.5, 0.6) is 5.88 Å². The van der Waals surface area contributed by atoms with Crippen molar-refractivity contribution < 1.29 is 27.6 Å². The van der Waals surface area contributed by atoms with Crippen LogP contribution in [-0.2, 0) is 0 Å². The van der Waals surface area contributed by atoms with Gasteiger partial charge in [-0.25, -0.2) is 4.98 Å². The first kappa shape index (κ1) is 23.4. The summed E-state index contributed by atoms with van der Waals surface area (Å²) in [5.41, 5.74) is 0.772. The Hall–Kier alpha value is -4.22. The Morgan fingerprint density at radius 2 is 1.97 bits per heavy atom. The summed E-state index contributed by atoms with van der Waals surface area (Å²) in [6.07, 6.45) is -1.78. The van der Waals surface area contributed by atoms with Gasteiger partial charge in [-0.2, -0.15) is 13.2 Å². The number of nitro groups is 1. The van der Waals surface area contributed by atoms with Gasteiger partial charge >= 0.3 is 6.18 Å². The zero-order chi connectivity index (χ0) is 24.0. The second-order valence-corrected chi connectivity index (χ2v) is 6.85. The third-order valence-electron chi connectivity index (χ3n) is 4.34. The zero-order valence-electron chi connectivity index (χ0n) is 17.2. The Morgan fingerprint density at radius 1 is 1.18 bits per heavy atom. The molecule has 0 radical (unpaired) electrons. The highest BCUT2D eigenvalue weighted by Gasteiger charge is 2.28. The van der Waals surface area contributed by atoms with E-state index in [1.165, 1.54) is 18.2 Å². The average molecular weight is 461 g/mol. The number of benzene rings is 1. The van der Waals surface area contributed by atoms with E-state index in [2.05, 4.69) is 25.3 Å². The van der Waals surface area contributed by atoms with E-state index in [0.717, 1.165) is 18.3 Å². The first-order valence-electron chi connectivity index (χ1n) is 9.55. The van der Waals surface area contributed by atoms with Crippen LogP contribution in [0.4, 0.5) is 30.2 Å². The number of aromatic nitrogens is 2. The highest BCUT2D eigenvalue weighted by atomic mass is 19.4. The Morgan fingerprint density at radius 3 is 2.58 bits per heavy atom. The van der Waals surface area contributed by atoms with Crippen molar-refractivity contribution in [2.24, 2.45) is 0 Å². The van der Waals surface area contributed by atoms with Gasteiger partial charge in [0.25, 0.3) is 11.6 Å². The number of halogens is 3. The van der Waals surface area contributed by atoms with Crippen LogP contribution in [-0.4, -0.2) is 33.6 Å². The van der Waals surface area contributed by atoms with E-state index in [1.807, 2.05) is 0 Å². The third-order valence-corrected chi connectivity index (χ3v) is 4.34. The number of carbonyl (C=O) groups is 1. The van der Waals surface area contributed by atoms with Crippen LogP contribution in [0.15, 0.2) is 60.9 Å². The standard InChI is InChI=1S/C21H18F3N5O4/c1-13(16-4-2-3-9-25-16)27-17-7-5-14(10-18(17)29(31)32)20(30)28-15-6-8-19(26-11-15)33-12-21(22,23)24/h2-11,13,27H,12H2,1H3,(H,28,30). The van der Waals surface area contributed by atoms with Gasteiger partial charge < -0.3 is 15.4 Å². The molecule has 2 N–H and O–H groups in total. The molecule has 0 saturated heterocycles. The first-order chi connectivity index (χ1) is 15.6. The molecule has 2 heterocycles. The smallest absolute Gasteiger partial charge is 0.422 e. The lowest BCUT2D eigenvalue weighted by molar-refractivity contribution is -0.384. The minimum Gasteiger partial charge on any atom is -0.468 e. The van der Waals surface area contributed by atoms with Crippen LogP contribution in [0.3, 0.4) is 0 Å². The highest BCUT2D eigenvalue weighted by Crippen LogP contribution is 2.29. The molecule has 0 fully saturated rings. The minimum atomic E-state index is -4.50. The molecule has 3 rings (SSSR count). The molecular weight excluding hydrogens is 443 g/mol. The molecule has 1 aromatic carbocycles. The maximum atomic E-state index is 12.5. The van der Waals surface area contributed by atoms with Crippen LogP contribution in [0.1, 0.15) is 29.0 Å². The molecule has 0 bridgehead atoms. The zero-order valence-corrected chi connectivity index (χ0v) is 17.2. The summed E-state index contributed by atoms with van der Waals surface area (Å²) in [5, 5.41) is 17.0. The second kappa shape index (κ2) is 9.94. The van der Waals surface area contributed by atoms with E-state index in [0.29, 0.717) is 5.69 Å². The van der Waals surface area contributed by atoms with Crippen LogP contribution in [0, 0.1) is 10.1 Å². The van der Waals surface area contributed by atoms with Gasteiger partial charge in [-0.05, 0) is 37.3 Å². The second-order valence-electron chi connectivity index (χ2n) is 6.85. The van der Waals surface area contributed by atoms with Crippen molar-refractivity contribution in [1.29, 1.82) is 0 Å². The fourth-order valence-electron chi connectivity index (χ4n) is 2.78. The largest absolute Gasteiger partial charge is 0.468 e. The number of rotatable bonds is 8. The fourth-order valence-corrected chi connectivity index (χ4v) is 2.78. The molecule has 0 saturated carbocycles. The number of nitro benzene ring substituents is 1. The van der Waals surface area contributed by atoms with Crippen LogP contribution < -0.4 is 15.4 Å². The first-order valence-corrected chi connectivity index (χ1v) is 9.55. The monoisotopic (exact) mass is 461 g/mol. The number of hydrogen-bond acceptors (Lipinski definition) is 7. The number of carbonyl (C=O) groups excluding carboxylic acids is 1. The van der Waals surface area contributed by atoms with Crippen molar-refractivity contribution in [3.05, 3.63) is 82.3 Å². The number of nitrogens with one attached hydrogen (secondary N) is 2. The number of anilines is 2. The summed E-state index contributed by atoms with van der Waals surface area (Å²) < 4.78 is 41.1. The summed E-state index contributed by atoms with van der Waals surface area (Å²) in [6, 6.07) is 11.4. The maximum absolute atomic E-state index is 12.5. The number of nitrogens with zero attached hydrogens (tertiary/aromatic N) is 3. The average Bonchev–Trinajstić information content (AvgIpc) is 2.78. The molecule has 1 amide bonds. The van der Waals surface area contributed by atoms with Crippen molar-refractivity contribution in [1.82, 2.24) is 9.97 Å². The lowest BCUT2D eigenvalue weighted by Gasteiger charge is -2.15. The summed E-state index contributed by atoms with van der Waals surface area (Å²) in [5.74, 6) is -0.924. The summed E-state index contributed by atoms with van der Waals surface area (Å²) in [4.78, 5) is 31.4. The number of alkyl halides is 3. The Bertz CT molecular complexity index is 1120. The van der Waals surface area contributed by atoms with Crippen molar-refractivity contribution in [2.75, 3.05) is 17.2 Å². The van der Waals surface area contributed by atoms with Crippen molar-refractivity contribution >= 4 is 23.0 Å². The number of ether oxygens (including phenoxy) is 1. The van der Waals surface area contributed by atoms with Gasteiger partial charge in [-0.1, -0.05) is 6.07 Å². The number of amides is 1. The van der Waals surface area contributed by atoms with Gasteiger partial charge in [0.15, 0.2) is 6.61 Å². The summed E-state index contributed by atoms with van der Waals surface area (Å²) in [7, 11) is 0. The summed E-state index contributed by atoms with van der Waals surface area (Å²) >= 11 is 0. The van der Waals surface area contributed by atoms with Gasteiger partial charge in [0.1, 0.15) is 5.69 Å². The molecule has 1 unspecified atom stereocenters. The molecule has 3 aromatic rings. The van der Waals surface area contributed by atoms with E-state index in [-0.39, 0.29) is 34.5 Å². The van der Waals surface area contributed by atoms with Gasteiger partial charge in [0, 0.05) is 23.9 Å². The topological polar surface area (TPSA) is 119 Å². The molecule has 12 heteroatoms. The minimum absolute atomic E-state index is 0.00939.